The molecular formula is C10H20O. The third-order valence-electron chi connectivity index (χ3n) is 2.56. The average molecular weight is 156 g/mol. The first kappa shape index (κ1) is 10.7. The van der Waals surface area contributed by atoms with Crippen LogP contribution in [-0.4, -0.2) is 11.2 Å². The van der Waals surface area contributed by atoms with Crippen molar-refractivity contribution in [1.29, 1.82) is 0 Å². The van der Waals surface area contributed by atoms with Gasteiger partial charge in [0, 0.05) is 0 Å². The molecule has 66 valence electrons. The van der Waals surface area contributed by atoms with Crippen LogP contribution in [0.3, 0.4) is 0 Å². The molecule has 0 saturated heterocycles. The first-order valence-corrected chi connectivity index (χ1v) is 4.42. The summed E-state index contributed by atoms with van der Waals surface area (Å²) in [6.07, 6.45) is 3.42. The van der Waals surface area contributed by atoms with Crippen molar-refractivity contribution in [3.8, 4) is 0 Å². The van der Waals surface area contributed by atoms with Gasteiger partial charge in [0.1, 0.15) is 0 Å². The Kier molecular flexibility index (Phi) is 5.22. The number of hydrogen-bond acceptors (Lipinski definition) is 1. The van der Waals surface area contributed by atoms with Crippen LogP contribution in [0.2, 0.25) is 0 Å². The minimum absolute atomic E-state index is 0.206. The molecule has 0 unspecified atom stereocenters. The Morgan fingerprint density at radius 2 is 2.00 bits per heavy atom. The van der Waals surface area contributed by atoms with E-state index in [1.54, 1.807) is 6.08 Å². The van der Waals surface area contributed by atoms with Gasteiger partial charge in [-0.25, -0.2) is 0 Å². The molecule has 0 aliphatic rings. The Morgan fingerprint density at radius 3 is 2.36 bits per heavy atom. The van der Waals surface area contributed by atoms with Crippen LogP contribution in [0, 0.1) is 11.8 Å². The molecule has 0 aromatic carbocycles. The lowest BCUT2D eigenvalue weighted by Gasteiger charge is -2.22. The first-order valence-electron chi connectivity index (χ1n) is 4.42. The number of hydrogen-bond donors (Lipinski definition) is 1. The summed E-state index contributed by atoms with van der Waals surface area (Å²) in [5, 5.41) is 9.55. The first-order chi connectivity index (χ1) is 5.13. The maximum atomic E-state index is 9.55. The fourth-order valence-electron chi connectivity index (χ4n) is 1.14. The predicted octanol–water partition coefficient (Wildman–Crippen LogP) is 2.61. The van der Waals surface area contributed by atoms with Crippen molar-refractivity contribution in [3.05, 3.63) is 12.7 Å². The van der Waals surface area contributed by atoms with E-state index in [1.165, 1.54) is 0 Å². The average Bonchev–Trinajstić information content (AvgIpc) is 2.02. The highest BCUT2D eigenvalue weighted by atomic mass is 16.3. The van der Waals surface area contributed by atoms with Crippen LogP contribution < -0.4 is 0 Å². The predicted molar refractivity (Wildman–Crippen MR) is 49.4 cm³/mol. The fraction of sp³-hybridized carbons (Fsp3) is 0.800. The van der Waals surface area contributed by atoms with E-state index in [9.17, 15) is 5.11 Å². The van der Waals surface area contributed by atoms with E-state index >= 15 is 0 Å². The Labute approximate surface area is 70.1 Å². The quantitative estimate of drug-likeness (QED) is 0.607. The van der Waals surface area contributed by atoms with Gasteiger partial charge in [0.2, 0.25) is 0 Å². The topological polar surface area (TPSA) is 20.2 Å². The van der Waals surface area contributed by atoms with Crippen LogP contribution in [0.5, 0.6) is 0 Å². The van der Waals surface area contributed by atoms with Crippen molar-refractivity contribution >= 4 is 0 Å². The van der Waals surface area contributed by atoms with Crippen LogP contribution in [0.25, 0.3) is 0 Å². The minimum atomic E-state index is -0.206. The van der Waals surface area contributed by atoms with Gasteiger partial charge in [-0.2, -0.15) is 0 Å². The minimum Gasteiger partial charge on any atom is -0.393 e. The molecular weight excluding hydrogens is 136 g/mol. The standard InChI is InChI=1S/C10H20O/c1-5-7-10(11)9(4)8(3)6-2/h5,8-11H,1,6-7H2,2-4H3/t8-,9-,10+/m0/s1. The van der Waals surface area contributed by atoms with Crippen molar-refractivity contribution in [3.63, 3.8) is 0 Å². The van der Waals surface area contributed by atoms with Crippen LogP contribution in [0.4, 0.5) is 0 Å². The Hall–Kier alpha value is -0.300. The molecule has 0 spiro atoms. The zero-order valence-electron chi connectivity index (χ0n) is 7.88. The molecule has 0 aromatic rings. The summed E-state index contributed by atoms with van der Waals surface area (Å²) < 4.78 is 0. The second-order valence-corrected chi connectivity index (χ2v) is 3.34. The van der Waals surface area contributed by atoms with E-state index in [2.05, 4.69) is 27.4 Å². The second-order valence-electron chi connectivity index (χ2n) is 3.34. The van der Waals surface area contributed by atoms with Crippen molar-refractivity contribution in [2.75, 3.05) is 0 Å². The van der Waals surface area contributed by atoms with Gasteiger partial charge in [0.25, 0.3) is 0 Å². The number of aliphatic hydroxyl groups excluding tert-OH is 1. The molecule has 0 bridgehead atoms. The van der Waals surface area contributed by atoms with Crippen molar-refractivity contribution in [1.82, 2.24) is 0 Å². The molecule has 11 heavy (non-hydrogen) atoms. The molecule has 0 fully saturated rings. The lowest BCUT2D eigenvalue weighted by Crippen LogP contribution is -2.22. The summed E-state index contributed by atoms with van der Waals surface area (Å²) in [6.45, 7) is 10.0. The lowest BCUT2D eigenvalue weighted by molar-refractivity contribution is 0.0886. The van der Waals surface area contributed by atoms with E-state index in [0.717, 1.165) is 6.42 Å². The summed E-state index contributed by atoms with van der Waals surface area (Å²) in [7, 11) is 0. The van der Waals surface area contributed by atoms with Gasteiger partial charge in [0.15, 0.2) is 0 Å². The van der Waals surface area contributed by atoms with Crippen LogP contribution >= 0.6 is 0 Å². The lowest BCUT2D eigenvalue weighted by atomic mass is 9.87. The van der Waals surface area contributed by atoms with E-state index < -0.39 is 0 Å². The van der Waals surface area contributed by atoms with Crippen molar-refractivity contribution in [2.45, 2.75) is 39.7 Å². The second kappa shape index (κ2) is 5.36. The van der Waals surface area contributed by atoms with Gasteiger partial charge in [-0.1, -0.05) is 33.3 Å². The molecule has 1 nitrogen and oxygen atoms in total. The molecule has 1 N–H and O–H groups in total. The fourth-order valence-corrected chi connectivity index (χ4v) is 1.14. The Bertz CT molecular complexity index is 109. The summed E-state index contributed by atoms with van der Waals surface area (Å²) in [6, 6.07) is 0. The summed E-state index contributed by atoms with van der Waals surface area (Å²) in [5.41, 5.74) is 0. The molecule has 0 aromatic heterocycles. The zero-order chi connectivity index (χ0) is 8.85. The molecule has 0 saturated carbocycles. The van der Waals surface area contributed by atoms with Crippen LogP contribution in [-0.2, 0) is 0 Å². The van der Waals surface area contributed by atoms with E-state index in [1.807, 2.05) is 0 Å². The van der Waals surface area contributed by atoms with E-state index in [0.29, 0.717) is 18.3 Å². The maximum Gasteiger partial charge on any atom is 0.0602 e. The number of rotatable bonds is 5. The molecule has 3 atom stereocenters. The molecule has 0 aliphatic heterocycles. The van der Waals surface area contributed by atoms with Crippen LogP contribution in [0.1, 0.15) is 33.6 Å². The van der Waals surface area contributed by atoms with Gasteiger partial charge in [-0.3, -0.25) is 0 Å². The molecule has 0 heterocycles. The van der Waals surface area contributed by atoms with Crippen LogP contribution in [0.15, 0.2) is 12.7 Å². The van der Waals surface area contributed by atoms with E-state index in [-0.39, 0.29) is 6.10 Å². The van der Waals surface area contributed by atoms with Gasteiger partial charge in [-0.15, -0.1) is 6.58 Å². The summed E-state index contributed by atoms with van der Waals surface area (Å²) in [5.74, 6) is 0.989. The van der Waals surface area contributed by atoms with Crippen molar-refractivity contribution in [2.24, 2.45) is 11.8 Å². The molecule has 0 amide bonds. The third-order valence-corrected chi connectivity index (χ3v) is 2.56. The molecule has 0 radical (unpaired) electrons. The van der Waals surface area contributed by atoms with Crippen molar-refractivity contribution < 1.29 is 5.11 Å². The highest BCUT2D eigenvalue weighted by Gasteiger charge is 2.17. The monoisotopic (exact) mass is 156 g/mol. The van der Waals surface area contributed by atoms with Gasteiger partial charge >= 0.3 is 0 Å². The van der Waals surface area contributed by atoms with Gasteiger partial charge in [0.05, 0.1) is 6.10 Å². The highest BCUT2D eigenvalue weighted by Crippen LogP contribution is 2.20. The van der Waals surface area contributed by atoms with Gasteiger partial charge in [-0.05, 0) is 18.3 Å². The highest BCUT2D eigenvalue weighted by molar-refractivity contribution is 4.77. The zero-order valence-corrected chi connectivity index (χ0v) is 7.88. The smallest absolute Gasteiger partial charge is 0.0602 e. The maximum absolute atomic E-state index is 9.55. The molecule has 1 heteroatoms. The summed E-state index contributed by atoms with van der Waals surface area (Å²) >= 11 is 0. The third kappa shape index (κ3) is 3.57. The summed E-state index contributed by atoms with van der Waals surface area (Å²) in [4.78, 5) is 0. The normalized spacial score (nSPS) is 18.9. The molecule has 0 aliphatic carbocycles. The molecule has 0 rings (SSSR count). The SMILES string of the molecule is C=CC[C@@H](O)[C@@H](C)[C@@H](C)CC. The Balaban J connectivity index is 3.79. The largest absolute Gasteiger partial charge is 0.393 e. The van der Waals surface area contributed by atoms with Gasteiger partial charge < -0.3 is 5.11 Å². The number of aliphatic hydroxyl groups is 1. The Morgan fingerprint density at radius 1 is 1.45 bits per heavy atom. The van der Waals surface area contributed by atoms with E-state index in [4.69, 9.17) is 0 Å².